The second-order valence-electron chi connectivity index (χ2n) is 4.63. The summed E-state index contributed by atoms with van der Waals surface area (Å²) in [6.07, 6.45) is 1.33. The number of aryl methyl sites for hydroxylation is 2. The third-order valence-electron chi connectivity index (χ3n) is 2.94. The van der Waals surface area contributed by atoms with Gasteiger partial charge >= 0.3 is 5.97 Å². The van der Waals surface area contributed by atoms with Gasteiger partial charge in [0, 0.05) is 4.47 Å². The average Bonchev–Trinajstić information content (AvgIpc) is 2.43. The third-order valence-corrected chi connectivity index (χ3v) is 3.44. The molecule has 2 aromatic carbocycles. The summed E-state index contributed by atoms with van der Waals surface area (Å²) in [6.45, 7) is 3.68. The number of esters is 1. The molecule has 4 nitrogen and oxygen atoms in total. The number of rotatable bonds is 3. The third kappa shape index (κ3) is 3.70. The number of carbonyl (C=O) groups excluding carboxylic acids is 1. The Bertz CT molecular complexity index is 687. The van der Waals surface area contributed by atoms with Crippen molar-refractivity contribution in [3.63, 3.8) is 0 Å². The summed E-state index contributed by atoms with van der Waals surface area (Å²) in [6, 6.07) is 10.6. The Morgan fingerprint density at radius 3 is 2.48 bits per heavy atom. The summed E-state index contributed by atoms with van der Waals surface area (Å²) in [7, 11) is 0. The molecule has 0 saturated heterocycles. The number of ether oxygens (including phenoxy) is 1. The van der Waals surface area contributed by atoms with Crippen LogP contribution in [0.3, 0.4) is 0 Å². The summed E-state index contributed by atoms with van der Waals surface area (Å²) >= 11 is 3.33. The van der Waals surface area contributed by atoms with Gasteiger partial charge in [0.2, 0.25) is 0 Å². The van der Waals surface area contributed by atoms with E-state index in [1.54, 1.807) is 30.3 Å². The van der Waals surface area contributed by atoms with E-state index < -0.39 is 5.97 Å². The van der Waals surface area contributed by atoms with Crippen molar-refractivity contribution in [2.24, 2.45) is 5.16 Å². The van der Waals surface area contributed by atoms with Crippen LogP contribution in [-0.4, -0.2) is 17.4 Å². The van der Waals surface area contributed by atoms with Crippen molar-refractivity contribution in [2.45, 2.75) is 13.8 Å². The molecule has 0 bridgehead atoms. The molecular formula is C16H14BrNO3. The Morgan fingerprint density at radius 1 is 1.24 bits per heavy atom. The van der Waals surface area contributed by atoms with Crippen LogP contribution in [0.4, 0.5) is 0 Å². The maximum Gasteiger partial charge on any atom is 0.343 e. The van der Waals surface area contributed by atoms with Gasteiger partial charge in [0.15, 0.2) is 0 Å². The van der Waals surface area contributed by atoms with E-state index in [-0.39, 0.29) is 0 Å². The molecule has 0 fully saturated rings. The molecule has 0 aliphatic rings. The Morgan fingerprint density at radius 2 is 1.90 bits per heavy atom. The molecule has 0 unspecified atom stereocenters. The number of hydrogen-bond acceptors (Lipinski definition) is 4. The van der Waals surface area contributed by atoms with Crippen LogP contribution in [0.5, 0.6) is 5.75 Å². The lowest BCUT2D eigenvalue weighted by Gasteiger charge is -2.11. The van der Waals surface area contributed by atoms with Gasteiger partial charge in [-0.15, -0.1) is 0 Å². The maximum absolute atomic E-state index is 12.2. The highest BCUT2D eigenvalue weighted by atomic mass is 79.9. The highest BCUT2D eigenvalue weighted by molar-refractivity contribution is 9.10. The highest BCUT2D eigenvalue weighted by Gasteiger charge is 2.13. The predicted octanol–water partition coefficient (Wildman–Crippen LogP) is 4.09. The second kappa shape index (κ2) is 6.54. The molecule has 1 N–H and O–H groups in total. The number of halogens is 1. The molecule has 0 spiro atoms. The number of oxime groups is 1. The van der Waals surface area contributed by atoms with E-state index in [1.165, 1.54) is 6.21 Å². The van der Waals surface area contributed by atoms with Crippen molar-refractivity contribution < 1.29 is 14.7 Å². The topological polar surface area (TPSA) is 58.9 Å². The largest absolute Gasteiger partial charge is 0.422 e. The van der Waals surface area contributed by atoms with Crippen LogP contribution in [0.1, 0.15) is 27.0 Å². The number of carbonyl (C=O) groups is 1. The molecule has 0 heterocycles. The van der Waals surface area contributed by atoms with Crippen molar-refractivity contribution in [1.29, 1.82) is 0 Å². The van der Waals surface area contributed by atoms with Gasteiger partial charge < -0.3 is 9.94 Å². The van der Waals surface area contributed by atoms with Gasteiger partial charge in [0.1, 0.15) is 5.75 Å². The van der Waals surface area contributed by atoms with Crippen LogP contribution < -0.4 is 4.74 Å². The first-order valence-corrected chi connectivity index (χ1v) is 7.07. The smallest absolute Gasteiger partial charge is 0.343 e. The first-order valence-electron chi connectivity index (χ1n) is 6.27. The Kier molecular flexibility index (Phi) is 4.75. The van der Waals surface area contributed by atoms with Crippen LogP contribution in [0.25, 0.3) is 0 Å². The molecular weight excluding hydrogens is 334 g/mol. The zero-order valence-corrected chi connectivity index (χ0v) is 13.2. The van der Waals surface area contributed by atoms with Crippen LogP contribution >= 0.6 is 15.9 Å². The van der Waals surface area contributed by atoms with Gasteiger partial charge in [-0.2, -0.15) is 0 Å². The van der Waals surface area contributed by atoms with Crippen molar-refractivity contribution in [1.82, 2.24) is 0 Å². The van der Waals surface area contributed by atoms with Crippen LogP contribution in [0, 0.1) is 13.8 Å². The van der Waals surface area contributed by atoms with Gasteiger partial charge in [-0.1, -0.05) is 27.2 Å². The summed E-state index contributed by atoms with van der Waals surface area (Å²) in [5.74, 6) is 0.112. The molecule has 2 rings (SSSR count). The summed E-state index contributed by atoms with van der Waals surface area (Å²) in [5, 5.41) is 11.6. The molecule has 0 atom stereocenters. The molecule has 0 radical (unpaired) electrons. The highest BCUT2D eigenvalue weighted by Crippen LogP contribution is 2.25. The second-order valence-corrected chi connectivity index (χ2v) is 5.54. The minimum Gasteiger partial charge on any atom is -0.422 e. The number of nitrogens with zero attached hydrogens (tertiary/aromatic N) is 1. The van der Waals surface area contributed by atoms with E-state index in [4.69, 9.17) is 9.94 Å². The van der Waals surface area contributed by atoms with Gasteiger partial charge in [0.05, 0.1) is 11.8 Å². The fraction of sp³-hybridized carbons (Fsp3) is 0.125. The van der Waals surface area contributed by atoms with Gasteiger partial charge in [-0.05, 0) is 60.9 Å². The Balaban J connectivity index is 2.29. The van der Waals surface area contributed by atoms with Crippen LogP contribution in [0.2, 0.25) is 0 Å². The van der Waals surface area contributed by atoms with Crippen molar-refractivity contribution >= 4 is 28.1 Å². The number of benzene rings is 2. The van der Waals surface area contributed by atoms with E-state index in [1.807, 2.05) is 19.9 Å². The first-order chi connectivity index (χ1) is 10.0. The average molecular weight is 348 g/mol. The van der Waals surface area contributed by atoms with Crippen molar-refractivity contribution in [2.75, 3.05) is 0 Å². The first kappa shape index (κ1) is 15.3. The van der Waals surface area contributed by atoms with E-state index in [9.17, 15) is 4.79 Å². The minimum atomic E-state index is -0.411. The van der Waals surface area contributed by atoms with E-state index in [2.05, 4.69) is 21.1 Å². The molecule has 2 aromatic rings. The molecule has 0 aliphatic heterocycles. The Hall–Kier alpha value is -2.14. The molecule has 0 saturated carbocycles. The Labute approximate surface area is 131 Å². The lowest BCUT2D eigenvalue weighted by Crippen LogP contribution is -2.10. The van der Waals surface area contributed by atoms with Gasteiger partial charge in [-0.3, -0.25) is 0 Å². The zero-order chi connectivity index (χ0) is 15.4. The lowest BCUT2D eigenvalue weighted by atomic mass is 10.1. The SMILES string of the molecule is Cc1cc(/C=N/O)cc(C)c1OC(=O)c1cccc(Br)c1. The fourth-order valence-corrected chi connectivity index (χ4v) is 2.45. The zero-order valence-electron chi connectivity index (χ0n) is 11.6. The normalized spacial score (nSPS) is 10.8. The lowest BCUT2D eigenvalue weighted by molar-refractivity contribution is 0.0732. The minimum absolute atomic E-state index is 0.411. The molecule has 108 valence electrons. The molecule has 5 heteroatoms. The summed E-state index contributed by atoms with van der Waals surface area (Å²) in [4.78, 5) is 12.2. The quantitative estimate of drug-likeness (QED) is 0.299. The van der Waals surface area contributed by atoms with E-state index >= 15 is 0 Å². The van der Waals surface area contributed by atoms with Crippen LogP contribution in [-0.2, 0) is 0 Å². The van der Waals surface area contributed by atoms with Crippen molar-refractivity contribution in [3.05, 3.63) is 63.1 Å². The predicted molar refractivity (Wildman–Crippen MR) is 84.4 cm³/mol. The molecule has 21 heavy (non-hydrogen) atoms. The standard InChI is InChI=1S/C16H14BrNO3/c1-10-6-12(9-18-20)7-11(2)15(10)21-16(19)13-4-3-5-14(17)8-13/h3-9,20H,1-2H3/b18-9+. The fourth-order valence-electron chi connectivity index (χ4n) is 2.05. The van der Waals surface area contributed by atoms with Crippen molar-refractivity contribution in [3.8, 4) is 5.75 Å². The summed E-state index contributed by atoms with van der Waals surface area (Å²) in [5.41, 5.74) is 2.82. The maximum atomic E-state index is 12.2. The van der Waals surface area contributed by atoms with E-state index in [0.717, 1.165) is 21.2 Å². The van der Waals surface area contributed by atoms with Crippen LogP contribution in [0.15, 0.2) is 46.0 Å². The molecule has 0 aliphatic carbocycles. The molecule has 0 amide bonds. The number of hydrogen-bond donors (Lipinski definition) is 1. The monoisotopic (exact) mass is 347 g/mol. The van der Waals surface area contributed by atoms with Gasteiger partial charge in [-0.25, -0.2) is 4.79 Å². The summed E-state index contributed by atoms with van der Waals surface area (Å²) < 4.78 is 6.30. The molecule has 0 aromatic heterocycles. The van der Waals surface area contributed by atoms with Gasteiger partial charge in [0.25, 0.3) is 0 Å². The van der Waals surface area contributed by atoms with E-state index in [0.29, 0.717) is 11.3 Å².